The largest absolute Gasteiger partial charge is 0.385 e. The molecule has 0 amide bonds. The maximum atomic E-state index is 12.0. The Bertz CT molecular complexity index is 791. The van der Waals surface area contributed by atoms with Crippen LogP contribution in [-0.4, -0.2) is 21.0 Å². The quantitative estimate of drug-likeness (QED) is 0.827. The second kappa shape index (κ2) is 5.21. The first-order valence-corrected chi connectivity index (χ1v) is 6.93. The summed E-state index contributed by atoms with van der Waals surface area (Å²) in [6.07, 6.45) is 0.958. The zero-order valence-electron chi connectivity index (χ0n) is 11.9. The van der Waals surface area contributed by atoms with Crippen LogP contribution in [0.5, 0.6) is 0 Å². The van der Waals surface area contributed by atoms with E-state index in [1.807, 2.05) is 12.1 Å². The van der Waals surface area contributed by atoms with Gasteiger partial charge in [0.15, 0.2) is 0 Å². The van der Waals surface area contributed by atoms with Crippen LogP contribution in [0.25, 0.3) is 0 Å². The second-order valence-corrected chi connectivity index (χ2v) is 5.41. The van der Waals surface area contributed by atoms with E-state index in [0.717, 1.165) is 19.5 Å². The normalized spacial score (nSPS) is 14.9. The van der Waals surface area contributed by atoms with E-state index >= 15 is 0 Å². The summed E-state index contributed by atoms with van der Waals surface area (Å²) in [5.74, 6) is 0.239. The first-order valence-electron chi connectivity index (χ1n) is 6.93. The summed E-state index contributed by atoms with van der Waals surface area (Å²) in [7, 11) is 1.56. The van der Waals surface area contributed by atoms with E-state index in [1.54, 1.807) is 7.05 Å². The molecule has 110 valence electrons. The Morgan fingerprint density at radius 3 is 2.71 bits per heavy atom. The van der Waals surface area contributed by atoms with Gasteiger partial charge in [-0.25, -0.2) is 4.79 Å². The van der Waals surface area contributed by atoms with Gasteiger partial charge in [0.05, 0.1) is 5.56 Å². The van der Waals surface area contributed by atoms with Crippen LogP contribution >= 0.6 is 0 Å². The summed E-state index contributed by atoms with van der Waals surface area (Å²) < 4.78 is 1.27. The van der Waals surface area contributed by atoms with Crippen molar-refractivity contribution >= 4 is 5.82 Å². The average molecular weight is 286 g/mol. The van der Waals surface area contributed by atoms with Gasteiger partial charge in [0.1, 0.15) is 5.82 Å². The van der Waals surface area contributed by atoms with E-state index in [9.17, 15) is 9.59 Å². The molecule has 1 aromatic carbocycles. The van der Waals surface area contributed by atoms with Gasteiger partial charge >= 0.3 is 5.69 Å². The number of aromatic amines is 1. The van der Waals surface area contributed by atoms with Gasteiger partial charge in [-0.1, -0.05) is 24.3 Å². The number of aromatic nitrogens is 2. The van der Waals surface area contributed by atoms with E-state index in [2.05, 4.69) is 22.0 Å². The predicted molar refractivity (Wildman–Crippen MR) is 81.0 cm³/mol. The van der Waals surface area contributed by atoms with Gasteiger partial charge in [-0.2, -0.15) is 0 Å². The summed E-state index contributed by atoms with van der Waals surface area (Å²) in [4.78, 5) is 27.9. The Labute approximate surface area is 121 Å². The lowest BCUT2D eigenvalue weighted by Crippen LogP contribution is -2.37. The number of nitrogens with zero attached hydrogens (tertiary/aromatic N) is 2. The molecular formula is C15H18N4O2. The average Bonchev–Trinajstić information content (AvgIpc) is 2.49. The fourth-order valence-corrected chi connectivity index (χ4v) is 2.75. The van der Waals surface area contributed by atoms with Crippen molar-refractivity contribution in [1.82, 2.24) is 14.5 Å². The summed E-state index contributed by atoms with van der Waals surface area (Å²) in [6, 6.07) is 8.32. The minimum absolute atomic E-state index is 0.239. The Hall–Kier alpha value is -2.34. The monoisotopic (exact) mass is 286 g/mol. The summed E-state index contributed by atoms with van der Waals surface area (Å²) in [5, 5.41) is 0. The van der Waals surface area contributed by atoms with Crippen molar-refractivity contribution in [3.05, 3.63) is 61.8 Å². The fourth-order valence-electron chi connectivity index (χ4n) is 2.75. The van der Waals surface area contributed by atoms with Gasteiger partial charge in [0, 0.05) is 26.7 Å². The van der Waals surface area contributed by atoms with E-state index in [-0.39, 0.29) is 5.82 Å². The molecule has 0 unspecified atom stereocenters. The third kappa shape index (κ3) is 2.50. The summed E-state index contributed by atoms with van der Waals surface area (Å²) in [6.45, 7) is 2.11. The highest BCUT2D eigenvalue weighted by atomic mass is 16.2. The van der Waals surface area contributed by atoms with Crippen LogP contribution in [0.4, 0.5) is 5.82 Å². The first kappa shape index (κ1) is 13.6. The van der Waals surface area contributed by atoms with Crippen LogP contribution in [0.3, 0.4) is 0 Å². The van der Waals surface area contributed by atoms with Crippen LogP contribution < -0.4 is 17.0 Å². The minimum Gasteiger partial charge on any atom is -0.385 e. The van der Waals surface area contributed by atoms with Gasteiger partial charge in [0.25, 0.3) is 5.56 Å². The molecule has 3 rings (SSSR count). The lowest BCUT2D eigenvalue weighted by atomic mass is 9.99. The first-order chi connectivity index (χ1) is 10.1. The fraction of sp³-hybridized carbons (Fsp3) is 0.333. The van der Waals surface area contributed by atoms with Crippen LogP contribution in [0.2, 0.25) is 0 Å². The van der Waals surface area contributed by atoms with Crippen LogP contribution in [0.15, 0.2) is 33.9 Å². The molecule has 2 aromatic rings. The molecule has 0 aliphatic carbocycles. The van der Waals surface area contributed by atoms with Crippen LogP contribution in [0, 0.1) is 0 Å². The Balaban J connectivity index is 1.88. The number of H-pyrrole nitrogens is 1. The molecule has 0 saturated carbocycles. The molecule has 0 radical (unpaired) electrons. The van der Waals surface area contributed by atoms with Crippen LogP contribution in [-0.2, 0) is 26.6 Å². The molecule has 6 nitrogen and oxygen atoms in total. The predicted octanol–water partition coefficient (Wildman–Crippen LogP) is 0.214. The van der Waals surface area contributed by atoms with Crippen LogP contribution in [0.1, 0.15) is 16.7 Å². The van der Waals surface area contributed by atoms with Gasteiger partial charge in [-0.05, 0) is 17.5 Å². The van der Waals surface area contributed by atoms with E-state index in [0.29, 0.717) is 12.1 Å². The van der Waals surface area contributed by atoms with Crippen molar-refractivity contribution in [2.75, 3.05) is 12.3 Å². The van der Waals surface area contributed by atoms with Gasteiger partial charge in [-0.3, -0.25) is 19.2 Å². The number of nitrogens with one attached hydrogen (secondary N) is 1. The minimum atomic E-state index is -0.481. The molecule has 0 saturated heterocycles. The highest BCUT2D eigenvalue weighted by Gasteiger charge is 2.19. The van der Waals surface area contributed by atoms with Gasteiger partial charge in [0.2, 0.25) is 0 Å². The number of nitrogen functional groups attached to an aromatic ring is 1. The van der Waals surface area contributed by atoms with Crippen molar-refractivity contribution < 1.29 is 0 Å². The number of rotatable bonds is 2. The highest BCUT2D eigenvalue weighted by molar-refractivity contribution is 5.38. The third-order valence-electron chi connectivity index (χ3n) is 4.06. The molecule has 0 bridgehead atoms. The highest BCUT2D eigenvalue weighted by Crippen LogP contribution is 2.20. The van der Waals surface area contributed by atoms with Gasteiger partial charge in [-0.15, -0.1) is 0 Å². The van der Waals surface area contributed by atoms with Gasteiger partial charge < -0.3 is 5.73 Å². The number of anilines is 1. The molecule has 2 heterocycles. The number of benzene rings is 1. The summed E-state index contributed by atoms with van der Waals surface area (Å²) >= 11 is 0. The molecule has 3 N–H and O–H groups in total. The zero-order chi connectivity index (χ0) is 15.0. The molecule has 1 aliphatic heterocycles. The topological polar surface area (TPSA) is 84.1 Å². The third-order valence-corrected chi connectivity index (χ3v) is 4.06. The van der Waals surface area contributed by atoms with Crippen molar-refractivity contribution in [3.8, 4) is 0 Å². The molecule has 21 heavy (non-hydrogen) atoms. The number of nitrogens with two attached hydrogens (primary N) is 1. The maximum Gasteiger partial charge on any atom is 0.329 e. The van der Waals surface area contributed by atoms with E-state index in [4.69, 9.17) is 5.73 Å². The lowest BCUT2D eigenvalue weighted by Gasteiger charge is -2.28. The number of fused-ring (bicyclic) bond motifs is 1. The van der Waals surface area contributed by atoms with Crippen molar-refractivity contribution in [1.29, 1.82) is 0 Å². The molecular weight excluding hydrogens is 268 g/mol. The smallest absolute Gasteiger partial charge is 0.329 e. The Morgan fingerprint density at radius 1 is 1.24 bits per heavy atom. The zero-order valence-corrected chi connectivity index (χ0v) is 11.9. The molecule has 0 atom stereocenters. The van der Waals surface area contributed by atoms with E-state index in [1.165, 1.54) is 15.7 Å². The molecule has 6 heteroatoms. The second-order valence-electron chi connectivity index (χ2n) is 5.41. The maximum absolute atomic E-state index is 12.0. The van der Waals surface area contributed by atoms with Crippen molar-refractivity contribution in [2.45, 2.75) is 19.5 Å². The molecule has 1 aromatic heterocycles. The summed E-state index contributed by atoms with van der Waals surface area (Å²) in [5.41, 5.74) is 8.13. The molecule has 0 fully saturated rings. The van der Waals surface area contributed by atoms with Crippen molar-refractivity contribution in [3.63, 3.8) is 0 Å². The van der Waals surface area contributed by atoms with E-state index < -0.39 is 11.2 Å². The number of hydrogen-bond acceptors (Lipinski definition) is 4. The van der Waals surface area contributed by atoms with Crippen molar-refractivity contribution in [2.24, 2.45) is 7.05 Å². The molecule has 0 spiro atoms. The Morgan fingerprint density at radius 2 is 1.95 bits per heavy atom. The Kier molecular flexibility index (Phi) is 3.39. The SMILES string of the molecule is Cn1c(N)c(CN2CCc3ccccc3C2)c(=O)[nH]c1=O. The number of hydrogen-bond donors (Lipinski definition) is 2. The standard InChI is InChI=1S/C15H18N4O2/c1-18-13(16)12(14(20)17-15(18)21)9-19-7-6-10-4-2-3-5-11(10)8-19/h2-5H,6-9,16H2,1H3,(H,17,20,21). The molecule has 1 aliphatic rings. The lowest BCUT2D eigenvalue weighted by molar-refractivity contribution is 0.244.